The molecule has 1 aromatic rings. The van der Waals surface area contributed by atoms with Crippen molar-refractivity contribution in [2.45, 2.75) is 32.6 Å². The van der Waals surface area contributed by atoms with Gasteiger partial charge in [0.1, 0.15) is 0 Å². The Morgan fingerprint density at radius 1 is 1.26 bits per heavy atom. The van der Waals surface area contributed by atoms with Gasteiger partial charge in [-0.05, 0) is 62.2 Å². The second-order valence-corrected chi connectivity index (χ2v) is 6.44. The molecule has 3 unspecified atom stereocenters. The van der Waals surface area contributed by atoms with Gasteiger partial charge in [0.25, 0.3) is 0 Å². The van der Waals surface area contributed by atoms with Crippen molar-refractivity contribution in [1.29, 1.82) is 0 Å². The maximum Gasteiger partial charge on any atom is 0.0375 e. The van der Waals surface area contributed by atoms with E-state index in [1.807, 2.05) is 0 Å². The lowest BCUT2D eigenvalue weighted by atomic mass is 9.86. The summed E-state index contributed by atoms with van der Waals surface area (Å²) in [6.07, 6.45) is 9.92. The lowest BCUT2D eigenvalue weighted by molar-refractivity contribution is 0.330. The molecule has 2 fully saturated rings. The van der Waals surface area contributed by atoms with E-state index < -0.39 is 0 Å². The molecule has 2 saturated heterocycles. The van der Waals surface area contributed by atoms with Gasteiger partial charge in [-0.15, -0.1) is 0 Å². The van der Waals surface area contributed by atoms with E-state index >= 15 is 0 Å². The number of nitrogens with zero attached hydrogens (tertiary/aromatic N) is 2. The minimum Gasteiger partial charge on any atom is -0.316 e. The smallest absolute Gasteiger partial charge is 0.0375 e. The minimum atomic E-state index is 0.876. The molecule has 0 bridgehead atoms. The monoisotopic (exact) mass is 261 g/mol. The third-order valence-electron chi connectivity index (χ3n) is 5.12. The highest BCUT2D eigenvalue weighted by atomic mass is 15.5. The summed E-state index contributed by atoms with van der Waals surface area (Å²) in [7, 11) is 0. The number of hydrogen-bond donors (Lipinski definition) is 1. The van der Waals surface area contributed by atoms with Gasteiger partial charge < -0.3 is 10.3 Å². The molecule has 1 N–H and O–H groups in total. The van der Waals surface area contributed by atoms with E-state index in [0.29, 0.717) is 0 Å². The SMILES string of the molecule is CC(CCC1CCNC1)C1CCN(n2cccc2)C1. The van der Waals surface area contributed by atoms with Crippen molar-refractivity contribution in [3.8, 4) is 0 Å². The molecule has 19 heavy (non-hydrogen) atoms. The van der Waals surface area contributed by atoms with Crippen LogP contribution in [0.3, 0.4) is 0 Å². The van der Waals surface area contributed by atoms with Crippen LogP contribution in [0, 0.1) is 17.8 Å². The van der Waals surface area contributed by atoms with Crippen LogP contribution >= 0.6 is 0 Å². The topological polar surface area (TPSA) is 20.2 Å². The summed E-state index contributed by atoms with van der Waals surface area (Å²) in [5.74, 6) is 2.71. The van der Waals surface area contributed by atoms with Crippen LogP contribution in [0.2, 0.25) is 0 Å². The van der Waals surface area contributed by atoms with Gasteiger partial charge in [-0.1, -0.05) is 13.3 Å². The molecule has 3 heterocycles. The molecule has 3 atom stereocenters. The maximum absolute atomic E-state index is 3.48. The van der Waals surface area contributed by atoms with E-state index in [1.165, 1.54) is 51.9 Å². The zero-order chi connectivity index (χ0) is 13.1. The van der Waals surface area contributed by atoms with Crippen LogP contribution in [-0.2, 0) is 0 Å². The molecule has 0 saturated carbocycles. The highest BCUT2D eigenvalue weighted by Gasteiger charge is 2.27. The van der Waals surface area contributed by atoms with Gasteiger partial charge in [-0.25, -0.2) is 0 Å². The minimum absolute atomic E-state index is 0.876. The fraction of sp³-hybridized carbons (Fsp3) is 0.750. The summed E-state index contributed by atoms with van der Waals surface area (Å²) in [5.41, 5.74) is 0. The van der Waals surface area contributed by atoms with Crippen molar-refractivity contribution < 1.29 is 0 Å². The summed E-state index contributed by atoms with van der Waals surface area (Å²) in [6.45, 7) is 7.41. The summed E-state index contributed by atoms with van der Waals surface area (Å²) >= 11 is 0. The van der Waals surface area contributed by atoms with E-state index in [9.17, 15) is 0 Å². The Labute approximate surface area is 116 Å². The molecular formula is C16H27N3. The predicted molar refractivity (Wildman–Crippen MR) is 79.9 cm³/mol. The van der Waals surface area contributed by atoms with Crippen LogP contribution in [-0.4, -0.2) is 30.9 Å². The molecule has 0 radical (unpaired) electrons. The molecule has 0 spiro atoms. The van der Waals surface area contributed by atoms with Crippen LogP contribution in [0.4, 0.5) is 0 Å². The summed E-state index contributed by atoms with van der Waals surface area (Å²) in [5, 5.41) is 5.96. The van der Waals surface area contributed by atoms with Gasteiger partial charge in [-0.3, -0.25) is 4.68 Å². The normalized spacial score (nSPS) is 29.0. The molecule has 0 aromatic carbocycles. The molecule has 106 valence electrons. The fourth-order valence-electron chi connectivity index (χ4n) is 3.65. The number of nitrogens with one attached hydrogen (secondary N) is 1. The first kappa shape index (κ1) is 13.0. The van der Waals surface area contributed by atoms with Crippen LogP contribution in [0.15, 0.2) is 24.5 Å². The van der Waals surface area contributed by atoms with Gasteiger partial charge in [0.15, 0.2) is 0 Å². The molecule has 1 aromatic heterocycles. The van der Waals surface area contributed by atoms with Crippen LogP contribution in [0.1, 0.15) is 32.6 Å². The zero-order valence-electron chi connectivity index (χ0n) is 12.1. The van der Waals surface area contributed by atoms with Gasteiger partial charge in [0, 0.05) is 25.5 Å². The summed E-state index contributed by atoms with van der Waals surface area (Å²) in [4.78, 5) is 0. The Balaban J connectivity index is 1.44. The number of hydrogen-bond acceptors (Lipinski definition) is 2. The third kappa shape index (κ3) is 3.14. The van der Waals surface area contributed by atoms with E-state index in [2.05, 4.69) is 46.5 Å². The molecule has 0 amide bonds. The van der Waals surface area contributed by atoms with Gasteiger partial charge >= 0.3 is 0 Å². The molecule has 3 heteroatoms. The lowest BCUT2D eigenvalue weighted by Crippen LogP contribution is -2.31. The van der Waals surface area contributed by atoms with Crippen molar-refractivity contribution in [2.24, 2.45) is 17.8 Å². The third-order valence-corrected chi connectivity index (χ3v) is 5.12. The Morgan fingerprint density at radius 2 is 2.11 bits per heavy atom. The van der Waals surface area contributed by atoms with Gasteiger partial charge in [0.05, 0.1) is 0 Å². The van der Waals surface area contributed by atoms with Crippen LogP contribution < -0.4 is 10.3 Å². The average Bonchev–Trinajstić information content (AvgIpc) is 3.14. The van der Waals surface area contributed by atoms with Crippen LogP contribution in [0.5, 0.6) is 0 Å². The van der Waals surface area contributed by atoms with Crippen LogP contribution in [0.25, 0.3) is 0 Å². The Kier molecular flexibility index (Phi) is 4.12. The maximum atomic E-state index is 3.48. The number of rotatable bonds is 5. The van der Waals surface area contributed by atoms with Crippen molar-refractivity contribution in [3.05, 3.63) is 24.5 Å². The van der Waals surface area contributed by atoms with E-state index in [4.69, 9.17) is 0 Å². The summed E-state index contributed by atoms with van der Waals surface area (Å²) in [6, 6.07) is 4.23. The molecule has 2 aliphatic rings. The predicted octanol–water partition coefficient (Wildman–Crippen LogP) is 2.47. The Hall–Kier alpha value is -0.960. The average molecular weight is 261 g/mol. The van der Waals surface area contributed by atoms with Crippen molar-refractivity contribution in [2.75, 3.05) is 31.2 Å². The van der Waals surface area contributed by atoms with E-state index in [1.54, 1.807) is 0 Å². The second kappa shape index (κ2) is 6.00. The second-order valence-electron chi connectivity index (χ2n) is 6.44. The highest BCUT2D eigenvalue weighted by Crippen LogP contribution is 2.28. The first-order chi connectivity index (χ1) is 9.33. The zero-order valence-corrected chi connectivity index (χ0v) is 12.1. The number of aromatic nitrogens is 1. The molecule has 2 aliphatic heterocycles. The van der Waals surface area contributed by atoms with Gasteiger partial charge in [0.2, 0.25) is 0 Å². The standard InChI is InChI=1S/C16H27N3/c1-14(4-5-15-6-8-17-12-15)16-7-11-19(13-16)18-9-2-3-10-18/h2-3,9-10,14-17H,4-8,11-13H2,1H3. The van der Waals surface area contributed by atoms with E-state index in [0.717, 1.165) is 17.8 Å². The molecule has 0 aliphatic carbocycles. The Morgan fingerprint density at radius 3 is 2.84 bits per heavy atom. The fourth-order valence-corrected chi connectivity index (χ4v) is 3.65. The van der Waals surface area contributed by atoms with Crippen molar-refractivity contribution in [1.82, 2.24) is 9.99 Å². The molecule has 3 nitrogen and oxygen atoms in total. The first-order valence-electron chi connectivity index (χ1n) is 7.92. The first-order valence-corrected chi connectivity index (χ1v) is 7.92. The molecule has 3 rings (SSSR count). The Bertz CT molecular complexity index is 367. The summed E-state index contributed by atoms with van der Waals surface area (Å²) < 4.78 is 2.26. The lowest BCUT2D eigenvalue weighted by Gasteiger charge is -2.23. The van der Waals surface area contributed by atoms with Crippen molar-refractivity contribution >= 4 is 0 Å². The van der Waals surface area contributed by atoms with Gasteiger partial charge in [-0.2, -0.15) is 0 Å². The van der Waals surface area contributed by atoms with Crippen molar-refractivity contribution in [3.63, 3.8) is 0 Å². The molecular weight excluding hydrogens is 234 g/mol. The quantitative estimate of drug-likeness (QED) is 0.878. The highest BCUT2D eigenvalue weighted by molar-refractivity contribution is 5.02. The van der Waals surface area contributed by atoms with E-state index in [-0.39, 0.29) is 0 Å². The largest absolute Gasteiger partial charge is 0.316 e.